The molecule has 0 amide bonds. The molecule has 1 heterocycles. The van der Waals surface area contributed by atoms with Crippen LogP contribution in [0.25, 0.3) is 60.5 Å². The van der Waals surface area contributed by atoms with Gasteiger partial charge in [0.1, 0.15) is 0 Å². The van der Waals surface area contributed by atoms with E-state index in [9.17, 15) is 0 Å². The zero-order chi connectivity index (χ0) is 31.9. The molecular formula is C46H32N2. The standard InChI is InChI=1S/C46H32N2/c1-3-12-33(13-4-1)34-22-24-35(25-23-34)36-16-11-19-42(30-36)47(39-17-5-2-6-18-39)40-26-28-41(29-27-40)48-45-21-10-9-20-43(45)44-31-37-14-7-8-15-38(37)32-46(44)48/h1-32H. The lowest BCUT2D eigenvalue weighted by Crippen LogP contribution is -2.10. The van der Waals surface area contributed by atoms with E-state index >= 15 is 0 Å². The number of fused-ring (bicyclic) bond motifs is 4. The van der Waals surface area contributed by atoms with Crippen LogP contribution < -0.4 is 4.90 Å². The SMILES string of the molecule is c1ccc(-c2ccc(-c3cccc(N(c4ccccc4)c4ccc(-n5c6ccccc6c6cc7ccccc7cc65)cc4)c3)cc2)cc1. The number of rotatable bonds is 6. The Kier molecular flexibility index (Phi) is 6.84. The average molecular weight is 613 g/mol. The quantitative estimate of drug-likeness (QED) is 0.181. The molecule has 9 rings (SSSR count). The molecule has 0 aliphatic heterocycles. The van der Waals surface area contributed by atoms with Crippen molar-refractivity contribution in [1.82, 2.24) is 4.57 Å². The Morgan fingerprint density at radius 1 is 0.312 bits per heavy atom. The molecule has 48 heavy (non-hydrogen) atoms. The van der Waals surface area contributed by atoms with Crippen LogP contribution in [0.2, 0.25) is 0 Å². The van der Waals surface area contributed by atoms with Gasteiger partial charge in [-0.05, 0) is 99.8 Å². The first-order chi connectivity index (χ1) is 23.8. The van der Waals surface area contributed by atoms with Crippen LogP contribution in [0.4, 0.5) is 17.1 Å². The fraction of sp³-hybridized carbons (Fsp3) is 0. The minimum absolute atomic E-state index is 1.10. The second-order valence-electron chi connectivity index (χ2n) is 12.3. The highest BCUT2D eigenvalue weighted by atomic mass is 15.1. The first-order valence-corrected chi connectivity index (χ1v) is 16.4. The zero-order valence-corrected chi connectivity index (χ0v) is 26.4. The van der Waals surface area contributed by atoms with Crippen molar-refractivity contribution in [3.8, 4) is 27.9 Å². The normalized spacial score (nSPS) is 11.3. The van der Waals surface area contributed by atoms with Gasteiger partial charge in [-0.3, -0.25) is 0 Å². The second kappa shape index (κ2) is 11.8. The van der Waals surface area contributed by atoms with Gasteiger partial charge in [-0.15, -0.1) is 0 Å². The number of hydrogen-bond donors (Lipinski definition) is 0. The first-order valence-electron chi connectivity index (χ1n) is 16.4. The van der Waals surface area contributed by atoms with Gasteiger partial charge in [0.05, 0.1) is 11.0 Å². The number of hydrogen-bond acceptors (Lipinski definition) is 1. The highest BCUT2D eigenvalue weighted by Crippen LogP contribution is 2.39. The van der Waals surface area contributed by atoms with Crippen molar-refractivity contribution >= 4 is 49.6 Å². The summed E-state index contributed by atoms with van der Waals surface area (Å²) in [5.74, 6) is 0. The van der Waals surface area contributed by atoms with E-state index in [1.165, 1.54) is 54.8 Å². The summed E-state index contributed by atoms with van der Waals surface area (Å²) in [4.78, 5) is 2.34. The molecule has 0 atom stereocenters. The molecular weight excluding hydrogens is 581 g/mol. The summed E-state index contributed by atoms with van der Waals surface area (Å²) in [7, 11) is 0. The third-order valence-electron chi connectivity index (χ3n) is 9.35. The van der Waals surface area contributed by atoms with Gasteiger partial charge in [-0.2, -0.15) is 0 Å². The number of para-hydroxylation sites is 2. The summed E-state index contributed by atoms with van der Waals surface area (Å²) in [5.41, 5.74) is 11.7. The Morgan fingerprint density at radius 2 is 0.854 bits per heavy atom. The third-order valence-corrected chi connectivity index (χ3v) is 9.35. The molecule has 0 saturated heterocycles. The fourth-order valence-electron chi connectivity index (χ4n) is 7.02. The van der Waals surface area contributed by atoms with Crippen molar-refractivity contribution in [3.63, 3.8) is 0 Å². The lowest BCUT2D eigenvalue weighted by atomic mass is 10.00. The van der Waals surface area contributed by atoms with E-state index in [1.54, 1.807) is 0 Å². The first kappa shape index (κ1) is 27.9. The van der Waals surface area contributed by atoms with Crippen molar-refractivity contribution in [2.75, 3.05) is 4.90 Å². The monoisotopic (exact) mass is 612 g/mol. The van der Waals surface area contributed by atoms with Gasteiger partial charge in [0.2, 0.25) is 0 Å². The predicted octanol–water partition coefficient (Wildman–Crippen LogP) is 12.7. The maximum Gasteiger partial charge on any atom is 0.0547 e. The summed E-state index contributed by atoms with van der Waals surface area (Å²) in [5, 5.41) is 5.04. The van der Waals surface area contributed by atoms with Gasteiger partial charge in [-0.25, -0.2) is 0 Å². The zero-order valence-electron chi connectivity index (χ0n) is 26.4. The molecule has 1 aromatic heterocycles. The Bertz CT molecular complexity index is 2530. The molecule has 0 aliphatic rings. The summed E-state index contributed by atoms with van der Waals surface area (Å²) < 4.78 is 2.40. The number of benzene rings is 8. The molecule has 2 heteroatoms. The number of aromatic nitrogens is 1. The molecule has 0 N–H and O–H groups in total. The van der Waals surface area contributed by atoms with E-state index < -0.39 is 0 Å². The van der Waals surface area contributed by atoms with Crippen molar-refractivity contribution in [2.45, 2.75) is 0 Å². The van der Waals surface area contributed by atoms with Crippen molar-refractivity contribution in [1.29, 1.82) is 0 Å². The van der Waals surface area contributed by atoms with Crippen molar-refractivity contribution in [2.24, 2.45) is 0 Å². The van der Waals surface area contributed by atoms with Crippen molar-refractivity contribution in [3.05, 3.63) is 194 Å². The van der Waals surface area contributed by atoms with E-state index in [-0.39, 0.29) is 0 Å². The van der Waals surface area contributed by atoms with E-state index in [4.69, 9.17) is 0 Å². The summed E-state index contributed by atoms with van der Waals surface area (Å²) in [6.07, 6.45) is 0. The van der Waals surface area contributed by atoms with Crippen LogP contribution in [-0.4, -0.2) is 4.57 Å². The highest BCUT2D eigenvalue weighted by molar-refractivity contribution is 6.13. The number of nitrogens with zero attached hydrogens (tertiary/aromatic N) is 2. The van der Waals surface area contributed by atoms with Gasteiger partial charge in [0.25, 0.3) is 0 Å². The largest absolute Gasteiger partial charge is 0.310 e. The van der Waals surface area contributed by atoms with Crippen LogP contribution in [0.1, 0.15) is 0 Å². The van der Waals surface area contributed by atoms with Crippen LogP contribution in [0, 0.1) is 0 Å². The molecule has 0 fully saturated rings. The van der Waals surface area contributed by atoms with Gasteiger partial charge < -0.3 is 9.47 Å². The highest BCUT2D eigenvalue weighted by Gasteiger charge is 2.16. The fourth-order valence-corrected chi connectivity index (χ4v) is 7.02. The molecule has 0 saturated carbocycles. The van der Waals surface area contributed by atoms with E-state index in [1.807, 2.05) is 0 Å². The molecule has 0 aliphatic carbocycles. The number of anilines is 3. The van der Waals surface area contributed by atoms with E-state index in [0.29, 0.717) is 0 Å². The molecule has 226 valence electrons. The lowest BCUT2D eigenvalue weighted by molar-refractivity contribution is 1.17. The molecule has 9 aromatic rings. The molecule has 0 spiro atoms. The van der Waals surface area contributed by atoms with Crippen LogP contribution in [0.15, 0.2) is 194 Å². The average Bonchev–Trinajstić information content (AvgIpc) is 3.48. The Balaban J connectivity index is 1.13. The smallest absolute Gasteiger partial charge is 0.0547 e. The van der Waals surface area contributed by atoms with Crippen LogP contribution in [-0.2, 0) is 0 Å². The maximum absolute atomic E-state index is 2.40. The Hall–Kier alpha value is -6.38. The van der Waals surface area contributed by atoms with Gasteiger partial charge in [0.15, 0.2) is 0 Å². The molecule has 8 aromatic carbocycles. The summed E-state index contributed by atoms with van der Waals surface area (Å²) in [6, 6.07) is 69.8. The van der Waals surface area contributed by atoms with Crippen LogP contribution in [0.5, 0.6) is 0 Å². The summed E-state index contributed by atoms with van der Waals surface area (Å²) >= 11 is 0. The second-order valence-corrected chi connectivity index (χ2v) is 12.3. The van der Waals surface area contributed by atoms with Crippen LogP contribution >= 0.6 is 0 Å². The minimum atomic E-state index is 1.10. The van der Waals surface area contributed by atoms with Gasteiger partial charge >= 0.3 is 0 Å². The summed E-state index contributed by atoms with van der Waals surface area (Å²) in [6.45, 7) is 0. The molecule has 0 radical (unpaired) electrons. The van der Waals surface area contributed by atoms with E-state index in [0.717, 1.165) is 22.7 Å². The van der Waals surface area contributed by atoms with Crippen molar-refractivity contribution < 1.29 is 0 Å². The minimum Gasteiger partial charge on any atom is -0.310 e. The molecule has 0 unspecified atom stereocenters. The maximum atomic E-state index is 2.40. The predicted molar refractivity (Wildman–Crippen MR) is 204 cm³/mol. The van der Waals surface area contributed by atoms with Crippen LogP contribution in [0.3, 0.4) is 0 Å². The van der Waals surface area contributed by atoms with E-state index in [2.05, 4.69) is 204 Å². The molecule has 0 bridgehead atoms. The van der Waals surface area contributed by atoms with Gasteiger partial charge in [0, 0.05) is 33.5 Å². The lowest BCUT2D eigenvalue weighted by Gasteiger charge is -2.26. The Morgan fingerprint density at radius 3 is 1.60 bits per heavy atom. The molecule has 2 nitrogen and oxygen atoms in total. The van der Waals surface area contributed by atoms with Gasteiger partial charge in [-0.1, -0.05) is 127 Å². The topological polar surface area (TPSA) is 8.17 Å². The Labute approximate surface area is 280 Å². The third kappa shape index (κ3) is 4.92.